The number of hydrogen-bond acceptors (Lipinski definition) is 6. The number of carbonyl (C=O) groups excluding carboxylic acids is 1. The number of methoxy groups -OCH3 is 2. The van der Waals surface area contributed by atoms with Crippen LogP contribution in [0, 0.1) is 17.2 Å². The highest BCUT2D eigenvalue weighted by Crippen LogP contribution is 2.41. The number of hydrogen-bond donors (Lipinski definition) is 0. The van der Waals surface area contributed by atoms with Gasteiger partial charge in [-0.05, 0) is 20.8 Å². The highest BCUT2D eigenvalue weighted by atomic mass is 16.7. The minimum absolute atomic E-state index is 0.173. The van der Waals surface area contributed by atoms with Crippen LogP contribution in [-0.2, 0) is 18.9 Å². The maximum atomic E-state index is 12.4. The Morgan fingerprint density at radius 2 is 2.00 bits per heavy atom. The third kappa shape index (κ3) is 2.71. The second kappa shape index (κ2) is 5.44. The molecule has 2 saturated heterocycles. The van der Waals surface area contributed by atoms with Crippen molar-refractivity contribution >= 4 is 6.09 Å². The molecule has 21 heavy (non-hydrogen) atoms. The molecule has 2 fully saturated rings. The average molecular weight is 298 g/mol. The molecule has 0 aromatic rings. The smallest absolute Gasteiger partial charge is 0.410 e. The summed E-state index contributed by atoms with van der Waals surface area (Å²) in [5.41, 5.74) is -0.612. The lowest BCUT2D eigenvalue weighted by Crippen LogP contribution is -2.55. The molecule has 0 bridgehead atoms. The van der Waals surface area contributed by atoms with Crippen LogP contribution in [0.5, 0.6) is 0 Å². The predicted molar refractivity (Wildman–Crippen MR) is 72.3 cm³/mol. The lowest BCUT2D eigenvalue weighted by molar-refractivity contribution is -0.224. The van der Waals surface area contributed by atoms with Gasteiger partial charge in [0.05, 0.1) is 12.0 Å². The van der Waals surface area contributed by atoms with Crippen molar-refractivity contribution in [2.75, 3.05) is 27.4 Å². The van der Waals surface area contributed by atoms with Crippen LogP contribution < -0.4 is 0 Å². The Labute approximate surface area is 124 Å². The largest absolute Gasteiger partial charge is 0.444 e. The maximum absolute atomic E-state index is 12.4. The fraction of sp³-hybridized carbons (Fsp3) is 0.857. The molecule has 118 valence electrons. The topological polar surface area (TPSA) is 81.0 Å². The van der Waals surface area contributed by atoms with E-state index in [1.165, 1.54) is 19.1 Å². The molecule has 0 spiro atoms. The standard InChI is InChI=1S/C14H22N2O5/c1-13(2,3)21-12(17)16-7-9(6-15)10-11(16)14(18-4,19-5)8-20-10/h9-11H,7-8H2,1-5H3/t9-,10?,11+/m1/s1. The van der Waals surface area contributed by atoms with Crippen LogP contribution in [0.1, 0.15) is 20.8 Å². The van der Waals surface area contributed by atoms with Gasteiger partial charge in [-0.3, -0.25) is 4.90 Å². The lowest BCUT2D eigenvalue weighted by atomic mass is 10.00. The monoisotopic (exact) mass is 298 g/mol. The first-order valence-electron chi connectivity index (χ1n) is 6.89. The average Bonchev–Trinajstić information content (AvgIpc) is 2.94. The minimum atomic E-state index is -1.06. The van der Waals surface area contributed by atoms with Crippen molar-refractivity contribution in [3.63, 3.8) is 0 Å². The first kappa shape index (κ1) is 16.0. The zero-order chi connectivity index (χ0) is 15.8. The number of ether oxygens (including phenoxy) is 4. The molecule has 7 heteroatoms. The quantitative estimate of drug-likeness (QED) is 0.711. The van der Waals surface area contributed by atoms with Gasteiger partial charge in [-0.15, -0.1) is 0 Å². The van der Waals surface area contributed by atoms with E-state index in [0.29, 0.717) is 0 Å². The van der Waals surface area contributed by atoms with E-state index in [4.69, 9.17) is 18.9 Å². The van der Waals surface area contributed by atoms with E-state index in [2.05, 4.69) is 6.07 Å². The van der Waals surface area contributed by atoms with Crippen molar-refractivity contribution in [2.24, 2.45) is 5.92 Å². The first-order valence-corrected chi connectivity index (χ1v) is 6.89. The Bertz CT molecular complexity index is 449. The van der Waals surface area contributed by atoms with Gasteiger partial charge in [-0.2, -0.15) is 5.26 Å². The van der Waals surface area contributed by atoms with Crippen molar-refractivity contribution in [3.05, 3.63) is 0 Å². The lowest BCUT2D eigenvalue weighted by Gasteiger charge is -2.36. The molecule has 2 aliphatic heterocycles. The molecular weight excluding hydrogens is 276 g/mol. The molecule has 2 aliphatic rings. The summed E-state index contributed by atoms with van der Waals surface area (Å²) in [6.45, 7) is 5.81. The van der Waals surface area contributed by atoms with Gasteiger partial charge in [0.25, 0.3) is 0 Å². The second-order valence-corrected chi connectivity index (χ2v) is 6.31. The molecule has 2 heterocycles. The SMILES string of the molecule is COC1(OC)COC2[C@H](C#N)CN(C(=O)OC(C)(C)C)[C@@H]21. The number of carbonyl (C=O) groups is 1. The van der Waals surface area contributed by atoms with Crippen LogP contribution in [0.25, 0.3) is 0 Å². The number of likely N-dealkylation sites (tertiary alicyclic amines) is 1. The van der Waals surface area contributed by atoms with Crippen LogP contribution in [0.4, 0.5) is 4.79 Å². The van der Waals surface area contributed by atoms with Crippen LogP contribution in [-0.4, -0.2) is 61.9 Å². The van der Waals surface area contributed by atoms with E-state index in [1.54, 1.807) is 20.8 Å². The highest BCUT2D eigenvalue weighted by molar-refractivity contribution is 5.69. The number of nitriles is 1. The van der Waals surface area contributed by atoms with Crippen molar-refractivity contribution in [1.29, 1.82) is 5.26 Å². The number of fused-ring (bicyclic) bond motifs is 1. The van der Waals surface area contributed by atoms with E-state index in [0.717, 1.165) is 0 Å². The van der Waals surface area contributed by atoms with E-state index in [9.17, 15) is 10.1 Å². The summed E-state index contributed by atoms with van der Waals surface area (Å²) in [6, 6.07) is 1.69. The molecule has 7 nitrogen and oxygen atoms in total. The van der Waals surface area contributed by atoms with Gasteiger partial charge in [0.1, 0.15) is 24.4 Å². The van der Waals surface area contributed by atoms with Crippen molar-refractivity contribution in [1.82, 2.24) is 4.90 Å². The van der Waals surface area contributed by atoms with Crippen LogP contribution >= 0.6 is 0 Å². The molecule has 0 aromatic heterocycles. The minimum Gasteiger partial charge on any atom is -0.444 e. The fourth-order valence-electron chi connectivity index (χ4n) is 2.89. The van der Waals surface area contributed by atoms with E-state index in [1.807, 2.05) is 0 Å². The van der Waals surface area contributed by atoms with E-state index < -0.39 is 35.5 Å². The van der Waals surface area contributed by atoms with Gasteiger partial charge < -0.3 is 18.9 Å². The summed E-state index contributed by atoms with van der Waals surface area (Å²) in [6.07, 6.45) is -0.915. The van der Waals surface area contributed by atoms with Crippen molar-refractivity contribution < 1.29 is 23.7 Å². The highest BCUT2D eigenvalue weighted by Gasteiger charge is 2.62. The van der Waals surface area contributed by atoms with Gasteiger partial charge in [-0.25, -0.2) is 4.79 Å². The van der Waals surface area contributed by atoms with Gasteiger partial charge >= 0.3 is 6.09 Å². The summed E-state index contributed by atoms with van der Waals surface area (Å²) < 4.78 is 22.0. The summed E-state index contributed by atoms with van der Waals surface area (Å²) in [5.74, 6) is -1.48. The van der Waals surface area contributed by atoms with Gasteiger partial charge in [-0.1, -0.05) is 0 Å². The zero-order valence-corrected chi connectivity index (χ0v) is 13.1. The van der Waals surface area contributed by atoms with E-state index in [-0.39, 0.29) is 13.2 Å². The molecule has 0 aliphatic carbocycles. The Hall–Kier alpha value is -1.36. The number of rotatable bonds is 2. The summed E-state index contributed by atoms with van der Waals surface area (Å²) in [5, 5.41) is 9.27. The molecule has 0 N–H and O–H groups in total. The number of nitrogens with zero attached hydrogens (tertiary/aromatic N) is 2. The van der Waals surface area contributed by atoms with E-state index >= 15 is 0 Å². The zero-order valence-electron chi connectivity index (χ0n) is 13.1. The Morgan fingerprint density at radius 1 is 1.38 bits per heavy atom. The van der Waals surface area contributed by atoms with Crippen LogP contribution in [0.2, 0.25) is 0 Å². The Kier molecular flexibility index (Phi) is 4.15. The van der Waals surface area contributed by atoms with Gasteiger partial charge in [0, 0.05) is 20.8 Å². The Balaban J connectivity index is 2.29. The molecule has 0 radical (unpaired) electrons. The first-order chi connectivity index (χ1) is 9.78. The van der Waals surface area contributed by atoms with Crippen LogP contribution in [0.15, 0.2) is 0 Å². The second-order valence-electron chi connectivity index (χ2n) is 6.31. The third-order valence-electron chi connectivity index (χ3n) is 3.85. The third-order valence-corrected chi connectivity index (χ3v) is 3.85. The Morgan fingerprint density at radius 3 is 2.48 bits per heavy atom. The molecular formula is C14H22N2O5. The van der Waals surface area contributed by atoms with Gasteiger partial charge in [0.15, 0.2) is 0 Å². The molecule has 3 atom stereocenters. The molecule has 0 aromatic carbocycles. The summed E-state index contributed by atoms with van der Waals surface area (Å²) in [7, 11) is 3.00. The molecule has 1 unspecified atom stereocenters. The summed E-state index contributed by atoms with van der Waals surface area (Å²) in [4.78, 5) is 13.9. The molecule has 0 saturated carbocycles. The van der Waals surface area contributed by atoms with Gasteiger partial charge in [0.2, 0.25) is 5.79 Å². The summed E-state index contributed by atoms with van der Waals surface area (Å²) >= 11 is 0. The van der Waals surface area contributed by atoms with Crippen LogP contribution in [0.3, 0.4) is 0 Å². The van der Waals surface area contributed by atoms with Crippen molar-refractivity contribution in [3.8, 4) is 6.07 Å². The number of amides is 1. The fourth-order valence-corrected chi connectivity index (χ4v) is 2.89. The molecule has 2 rings (SSSR count). The predicted octanol–water partition coefficient (Wildman–Crippen LogP) is 1.13. The normalized spacial score (nSPS) is 30.9. The molecule has 1 amide bonds. The van der Waals surface area contributed by atoms with Crippen molar-refractivity contribution in [2.45, 2.75) is 44.3 Å². The maximum Gasteiger partial charge on any atom is 0.410 e.